The minimum Gasteiger partial charge on any atom is -0.352 e. The first-order chi connectivity index (χ1) is 9.39. The van der Waals surface area contributed by atoms with Gasteiger partial charge in [0.25, 0.3) is 0 Å². The SMILES string of the molecule is C[C@@H]1CNC[C@H]1C(=O)NCc1ccccc1C(F)(F)F. The lowest BCUT2D eigenvalue weighted by Crippen LogP contribution is -2.34. The van der Waals surface area contributed by atoms with Gasteiger partial charge in [-0.15, -0.1) is 0 Å². The highest BCUT2D eigenvalue weighted by Crippen LogP contribution is 2.31. The molecule has 0 spiro atoms. The second kappa shape index (κ2) is 5.83. The van der Waals surface area contributed by atoms with Crippen molar-refractivity contribution in [2.75, 3.05) is 13.1 Å². The summed E-state index contributed by atoms with van der Waals surface area (Å²) in [4.78, 5) is 12.0. The largest absolute Gasteiger partial charge is 0.416 e. The van der Waals surface area contributed by atoms with Crippen LogP contribution in [0, 0.1) is 11.8 Å². The lowest BCUT2D eigenvalue weighted by molar-refractivity contribution is -0.138. The van der Waals surface area contributed by atoms with Crippen molar-refractivity contribution in [2.45, 2.75) is 19.6 Å². The van der Waals surface area contributed by atoms with Crippen molar-refractivity contribution in [3.8, 4) is 0 Å². The van der Waals surface area contributed by atoms with Gasteiger partial charge >= 0.3 is 6.18 Å². The molecule has 6 heteroatoms. The highest BCUT2D eigenvalue weighted by Gasteiger charge is 2.33. The summed E-state index contributed by atoms with van der Waals surface area (Å²) in [7, 11) is 0. The summed E-state index contributed by atoms with van der Waals surface area (Å²) in [5.74, 6) is -0.166. The lowest BCUT2D eigenvalue weighted by atomic mass is 9.97. The highest BCUT2D eigenvalue weighted by atomic mass is 19.4. The van der Waals surface area contributed by atoms with Gasteiger partial charge in [0, 0.05) is 13.1 Å². The monoisotopic (exact) mass is 286 g/mol. The Morgan fingerprint density at radius 1 is 1.35 bits per heavy atom. The number of alkyl halides is 3. The summed E-state index contributed by atoms with van der Waals surface area (Å²) in [5, 5.41) is 5.70. The summed E-state index contributed by atoms with van der Waals surface area (Å²) < 4.78 is 38.4. The van der Waals surface area contributed by atoms with Gasteiger partial charge in [-0.05, 0) is 24.1 Å². The van der Waals surface area contributed by atoms with Gasteiger partial charge in [0.2, 0.25) is 5.91 Å². The Hall–Kier alpha value is -1.56. The third-order valence-electron chi connectivity index (χ3n) is 3.63. The van der Waals surface area contributed by atoms with Crippen molar-refractivity contribution in [3.63, 3.8) is 0 Å². The van der Waals surface area contributed by atoms with E-state index in [1.54, 1.807) is 0 Å². The molecule has 2 atom stereocenters. The second-order valence-electron chi connectivity index (χ2n) is 5.11. The Kier molecular flexibility index (Phi) is 4.32. The van der Waals surface area contributed by atoms with E-state index in [4.69, 9.17) is 0 Å². The molecule has 0 radical (unpaired) electrons. The lowest BCUT2D eigenvalue weighted by Gasteiger charge is -2.16. The topological polar surface area (TPSA) is 41.1 Å². The fraction of sp³-hybridized carbons (Fsp3) is 0.500. The predicted molar refractivity (Wildman–Crippen MR) is 68.8 cm³/mol. The Morgan fingerprint density at radius 3 is 2.65 bits per heavy atom. The number of hydrogen-bond acceptors (Lipinski definition) is 2. The third kappa shape index (κ3) is 3.30. The first-order valence-corrected chi connectivity index (χ1v) is 6.53. The zero-order chi connectivity index (χ0) is 14.8. The molecule has 0 bridgehead atoms. The summed E-state index contributed by atoms with van der Waals surface area (Å²) in [6.45, 7) is 3.19. The van der Waals surface area contributed by atoms with Gasteiger partial charge in [-0.2, -0.15) is 13.2 Å². The molecule has 1 amide bonds. The molecule has 0 saturated carbocycles. The van der Waals surface area contributed by atoms with Gasteiger partial charge in [-0.1, -0.05) is 25.1 Å². The summed E-state index contributed by atoms with van der Waals surface area (Å²) in [6.07, 6.45) is -4.40. The van der Waals surface area contributed by atoms with E-state index in [0.717, 1.165) is 12.6 Å². The molecule has 0 unspecified atom stereocenters. The normalized spacial score (nSPS) is 22.8. The number of carbonyl (C=O) groups excluding carboxylic acids is 1. The molecular weight excluding hydrogens is 269 g/mol. The highest BCUT2D eigenvalue weighted by molar-refractivity contribution is 5.79. The maximum Gasteiger partial charge on any atom is 0.416 e. The molecule has 1 saturated heterocycles. The maximum atomic E-state index is 12.8. The van der Waals surface area contributed by atoms with Crippen LogP contribution in [0.4, 0.5) is 13.2 Å². The third-order valence-corrected chi connectivity index (χ3v) is 3.63. The molecule has 1 aromatic rings. The van der Waals surface area contributed by atoms with Crippen LogP contribution in [0.1, 0.15) is 18.1 Å². The number of carbonyl (C=O) groups is 1. The minimum atomic E-state index is -4.40. The molecule has 2 rings (SSSR count). The number of rotatable bonds is 3. The standard InChI is InChI=1S/C14H17F3N2O/c1-9-6-18-8-11(9)13(20)19-7-10-4-2-3-5-12(10)14(15,16)17/h2-5,9,11,18H,6-8H2,1H3,(H,19,20)/t9-,11-/m1/s1. The number of nitrogens with one attached hydrogen (secondary N) is 2. The Morgan fingerprint density at radius 2 is 2.05 bits per heavy atom. The number of benzene rings is 1. The van der Waals surface area contributed by atoms with Crippen LogP contribution in [0.15, 0.2) is 24.3 Å². The van der Waals surface area contributed by atoms with Crippen molar-refractivity contribution < 1.29 is 18.0 Å². The quantitative estimate of drug-likeness (QED) is 0.894. The smallest absolute Gasteiger partial charge is 0.352 e. The van der Waals surface area contributed by atoms with Gasteiger partial charge in [-0.3, -0.25) is 4.79 Å². The van der Waals surface area contributed by atoms with E-state index in [1.165, 1.54) is 18.2 Å². The van der Waals surface area contributed by atoms with Gasteiger partial charge in [0.05, 0.1) is 11.5 Å². The van der Waals surface area contributed by atoms with Crippen LogP contribution in [0.3, 0.4) is 0 Å². The predicted octanol–water partition coefficient (Wildman–Crippen LogP) is 2.18. The van der Waals surface area contributed by atoms with E-state index in [-0.39, 0.29) is 29.9 Å². The molecule has 1 aliphatic heterocycles. The first-order valence-electron chi connectivity index (χ1n) is 6.53. The molecule has 0 aliphatic carbocycles. The summed E-state index contributed by atoms with van der Waals surface area (Å²) in [6, 6.07) is 5.30. The zero-order valence-electron chi connectivity index (χ0n) is 11.1. The van der Waals surface area contributed by atoms with Gasteiger partial charge in [0.15, 0.2) is 0 Å². The molecule has 0 aromatic heterocycles. The zero-order valence-corrected chi connectivity index (χ0v) is 11.1. The average molecular weight is 286 g/mol. The number of hydrogen-bond donors (Lipinski definition) is 2. The Labute approximate surface area is 115 Å². The summed E-state index contributed by atoms with van der Waals surface area (Å²) >= 11 is 0. The molecule has 1 fully saturated rings. The maximum absolute atomic E-state index is 12.8. The van der Waals surface area contributed by atoms with Crippen LogP contribution in [-0.2, 0) is 17.5 Å². The summed E-state index contributed by atoms with van der Waals surface area (Å²) in [5.41, 5.74) is -0.607. The van der Waals surface area contributed by atoms with E-state index in [9.17, 15) is 18.0 Å². The van der Waals surface area contributed by atoms with Gasteiger partial charge in [-0.25, -0.2) is 0 Å². The fourth-order valence-electron chi connectivity index (χ4n) is 2.43. The number of halogens is 3. The van der Waals surface area contributed by atoms with Crippen molar-refractivity contribution in [1.82, 2.24) is 10.6 Å². The fourth-order valence-corrected chi connectivity index (χ4v) is 2.43. The molecule has 3 nitrogen and oxygen atoms in total. The van der Waals surface area contributed by atoms with Crippen LogP contribution in [0.2, 0.25) is 0 Å². The van der Waals surface area contributed by atoms with E-state index >= 15 is 0 Å². The van der Waals surface area contributed by atoms with Crippen molar-refractivity contribution in [1.29, 1.82) is 0 Å². The van der Waals surface area contributed by atoms with Crippen LogP contribution in [0.25, 0.3) is 0 Å². The molecule has 110 valence electrons. The van der Waals surface area contributed by atoms with Crippen molar-refractivity contribution >= 4 is 5.91 Å². The van der Waals surface area contributed by atoms with E-state index in [1.807, 2.05) is 6.92 Å². The van der Waals surface area contributed by atoms with Gasteiger partial charge < -0.3 is 10.6 Å². The van der Waals surface area contributed by atoms with Gasteiger partial charge in [0.1, 0.15) is 0 Å². The molecule has 1 aliphatic rings. The molecule has 2 N–H and O–H groups in total. The van der Waals surface area contributed by atoms with Crippen molar-refractivity contribution in [2.24, 2.45) is 11.8 Å². The Balaban J connectivity index is 2.03. The average Bonchev–Trinajstić information content (AvgIpc) is 2.81. The van der Waals surface area contributed by atoms with Crippen LogP contribution in [-0.4, -0.2) is 19.0 Å². The Bertz CT molecular complexity index is 488. The molecule has 1 aromatic carbocycles. The van der Waals surface area contributed by atoms with Crippen LogP contribution < -0.4 is 10.6 Å². The second-order valence-corrected chi connectivity index (χ2v) is 5.11. The molecular formula is C14H17F3N2O. The minimum absolute atomic E-state index is 0.0898. The molecule has 1 heterocycles. The van der Waals surface area contributed by atoms with Crippen LogP contribution >= 0.6 is 0 Å². The van der Waals surface area contributed by atoms with E-state index in [2.05, 4.69) is 10.6 Å². The van der Waals surface area contributed by atoms with E-state index < -0.39 is 11.7 Å². The van der Waals surface area contributed by atoms with Crippen molar-refractivity contribution in [3.05, 3.63) is 35.4 Å². The first kappa shape index (κ1) is 14.8. The van der Waals surface area contributed by atoms with E-state index in [0.29, 0.717) is 6.54 Å². The van der Waals surface area contributed by atoms with Crippen LogP contribution in [0.5, 0.6) is 0 Å². The number of amides is 1. The molecule has 20 heavy (non-hydrogen) atoms.